The maximum atomic E-state index is 11.9. The minimum atomic E-state index is -1.03. The average Bonchev–Trinajstić information content (AvgIpc) is 2.41. The van der Waals surface area contributed by atoms with Crippen molar-refractivity contribution in [2.75, 3.05) is 19.8 Å². The predicted octanol–water partition coefficient (Wildman–Crippen LogP) is 2.41. The van der Waals surface area contributed by atoms with Gasteiger partial charge >= 0.3 is 18.0 Å². The third kappa shape index (κ3) is 10.1. The van der Waals surface area contributed by atoms with Crippen LogP contribution in [0.5, 0.6) is 0 Å². The van der Waals surface area contributed by atoms with E-state index in [1.807, 2.05) is 0 Å². The number of rotatable bonds is 8. The first-order valence-electron chi connectivity index (χ1n) is 7.54. The van der Waals surface area contributed by atoms with Gasteiger partial charge in [-0.1, -0.05) is 15.9 Å². The lowest BCUT2D eigenvalue weighted by Crippen LogP contribution is -2.37. The van der Waals surface area contributed by atoms with E-state index in [4.69, 9.17) is 14.2 Å². The van der Waals surface area contributed by atoms with Gasteiger partial charge in [-0.25, -0.2) is 4.79 Å². The maximum absolute atomic E-state index is 11.9. The SMILES string of the molecule is CCOC(=O)C(CC(Br)CNC(=O)OC(C)(C)C)C(=O)OCC. The van der Waals surface area contributed by atoms with Crippen LogP contribution in [0.3, 0.4) is 0 Å². The van der Waals surface area contributed by atoms with Gasteiger partial charge in [-0.15, -0.1) is 0 Å². The third-order valence-electron chi connectivity index (χ3n) is 2.50. The van der Waals surface area contributed by atoms with E-state index in [0.29, 0.717) is 0 Å². The number of esters is 2. The van der Waals surface area contributed by atoms with Crippen LogP contribution in [0.1, 0.15) is 41.0 Å². The number of hydrogen-bond donors (Lipinski definition) is 1. The molecule has 0 fully saturated rings. The van der Waals surface area contributed by atoms with Crippen molar-refractivity contribution >= 4 is 34.0 Å². The van der Waals surface area contributed by atoms with E-state index >= 15 is 0 Å². The molecule has 0 aliphatic rings. The van der Waals surface area contributed by atoms with Crippen LogP contribution in [-0.4, -0.2) is 48.2 Å². The number of halogens is 1. The van der Waals surface area contributed by atoms with Crippen LogP contribution in [0.4, 0.5) is 4.79 Å². The van der Waals surface area contributed by atoms with E-state index in [1.165, 1.54) is 0 Å². The number of ether oxygens (including phenoxy) is 3. The van der Waals surface area contributed by atoms with Crippen molar-refractivity contribution in [2.24, 2.45) is 5.92 Å². The minimum absolute atomic E-state index is 0.146. The third-order valence-corrected chi connectivity index (χ3v) is 3.20. The normalized spacial score (nSPS) is 12.5. The fourth-order valence-electron chi connectivity index (χ4n) is 1.62. The molecule has 1 unspecified atom stereocenters. The van der Waals surface area contributed by atoms with Crippen molar-refractivity contribution in [3.8, 4) is 0 Å². The van der Waals surface area contributed by atoms with Gasteiger partial charge in [0.25, 0.3) is 0 Å². The molecular weight excluding hydrogens is 370 g/mol. The molecule has 0 radical (unpaired) electrons. The zero-order valence-electron chi connectivity index (χ0n) is 14.3. The van der Waals surface area contributed by atoms with Crippen LogP contribution in [0, 0.1) is 5.92 Å². The zero-order chi connectivity index (χ0) is 18.0. The number of hydrogen-bond acceptors (Lipinski definition) is 6. The van der Waals surface area contributed by atoms with Crippen molar-refractivity contribution < 1.29 is 28.6 Å². The summed E-state index contributed by atoms with van der Waals surface area (Å²) in [6.07, 6.45) is -0.418. The molecule has 0 aromatic rings. The summed E-state index contributed by atoms with van der Waals surface area (Å²) >= 11 is 3.34. The topological polar surface area (TPSA) is 90.9 Å². The number of carbonyl (C=O) groups excluding carboxylic acids is 3. The number of nitrogens with one attached hydrogen (secondary N) is 1. The second-order valence-corrected chi connectivity index (χ2v) is 7.07. The van der Waals surface area contributed by atoms with Gasteiger partial charge in [-0.2, -0.15) is 0 Å². The molecule has 23 heavy (non-hydrogen) atoms. The quantitative estimate of drug-likeness (QED) is 0.293. The Balaban J connectivity index is 4.53. The summed E-state index contributed by atoms with van der Waals surface area (Å²) < 4.78 is 14.9. The predicted molar refractivity (Wildman–Crippen MR) is 88.3 cm³/mol. The van der Waals surface area contributed by atoms with E-state index in [1.54, 1.807) is 34.6 Å². The van der Waals surface area contributed by atoms with Crippen molar-refractivity contribution in [3.63, 3.8) is 0 Å². The van der Waals surface area contributed by atoms with Crippen LogP contribution >= 0.6 is 15.9 Å². The first-order chi connectivity index (χ1) is 10.6. The van der Waals surface area contributed by atoms with Gasteiger partial charge in [0.15, 0.2) is 5.92 Å². The lowest BCUT2D eigenvalue weighted by molar-refractivity contribution is -0.161. The van der Waals surface area contributed by atoms with Crippen LogP contribution in [-0.2, 0) is 23.8 Å². The van der Waals surface area contributed by atoms with Crippen LogP contribution in [0.15, 0.2) is 0 Å². The summed E-state index contributed by atoms with van der Waals surface area (Å²) in [6, 6.07) is 0. The standard InChI is InChI=1S/C15H26BrNO6/c1-6-21-12(18)11(13(19)22-7-2)8-10(16)9-17-14(20)23-15(3,4)5/h10-11H,6-9H2,1-5H3,(H,17,20). The molecule has 1 amide bonds. The molecule has 0 saturated carbocycles. The second kappa shape index (κ2) is 10.5. The molecular formula is C15H26BrNO6. The van der Waals surface area contributed by atoms with Gasteiger partial charge in [-0.3, -0.25) is 9.59 Å². The first-order valence-corrected chi connectivity index (χ1v) is 8.46. The molecule has 0 spiro atoms. The lowest BCUT2D eigenvalue weighted by Gasteiger charge is -2.21. The molecule has 1 atom stereocenters. The van der Waals surface area contributed by atoms with E-state index in [9.17, 15) is 14.4 Å². The van der Waals surface area contributed by atoms with Gasteiger partial charge in [0.2, 0.25) is 0 Å². The highest BCUT2D eigenvalue weighted by Crippen LogP contribution is 2.17. The molecule has 0 aromatic carbocycles. The van der Waals surface area contributed by atoms with Crippen LogP contribution in [0.2, 0.25) is 0 Å². The molecule has 0 saturated heterocycles. The Hall–Kier alpha value is -1.31. The molecule has 0 rings (SSSR count). The number of amides is 1. The highest BCUT2D eigenvalue weighted by atomic mass is 79.9. The minimum Gasteiger partial charge on any atom is -0.465 e. The molecule has 0 aliphatic carbocycles. The summed E-state index contributed by atoms with van der Waals surface area (Å²) in [6.45, 7) is 9.16. The van der Waals surface area contributed by atoms with Crippen molar-refractivity contribution in [1.82, 2.24) is 5.32 Å². The van der Waals surface area contributed by atoms with Gasteiger partial charge in [-0.05, 0) is 41.0 Å². The molecule has 0 aromatic heterocycles. The van der Waals surface area contributed by atoms with Crippen molar-refractivity contribution in [1.29, 1.82) is 0 Å². The Morgan fingerprint density at radius 1 is 1.04 bits per heavy atom. The summed E-state index contributed by atoms with van der Waals surface area (Å²) in [5, 5.41) is 2.57. The van der Waals surface area contributed by atoms with Crippen molar-refractivity contribution in [2.45, 2.75) is 51.5 Å². The van der Waals surface area contributed by atoms with Gasteiger partial charge in [0.05, 0.1) is 13.2 Å². The highest BCUT2D eigenvalue weighted by molar-refractivity contribution is 9.09. The Labute approximate surface area is 145 Å². The molecule has 134 valence electrons. The highest BCUT2D eigenvalue weighted by Gasteiger charge is 2.31. The molecule has 7 nitrogen and oxygen atoms in total. The Morgan fingerprint density at radius 3 is 1.91 bits per heavy atom. The van der Waals surface area contributed by atoms with E-state index < -0.39 is 29.6 Å². The van der Waals surface area contributed by atoms with E-state index in [2.05, 4.69) is 21.2 Å². The lowest BCUT2D eigenvalue weighted by atomic mass is 10.0. The fourth-order valence-corrected chi connectivity index (χ4v) is 2.16. The van der Waals surface area contributed by atoms with Crippen molar-refractivity contribution in [3.05, 3.63) is 0 Å². The molecule has 0 bridgehead atoms. The zero-order valence-corrected chi connectivity index (χ0v) is 15.9. The van der Waals surface area contributed by atoms with Gasteiger partial charge in [0, 0.05) is 11.4 Å². The van der Waals surface area contributed by atoms with Crippen LogP contribution in [0.25, 0.3) is 0 Å². The molecule has 1 N–H and O–H groups in total. The molecule has 8 heteroatoms. The Morgan fingerprint density at radius 2 is 1.52 bits per heavy atom. The summed E-state index contributed by atoms with van der Waals surface area (Å²) in [5.41, 5.74) is -0.593. The van der Waals surface area contributed by atoms with E-state index in [-0.39, 0.29) is 31.0 Å². The fraction of sp³-hybridized carbons (Fsp3) is 0.800. The van der Waals surface area contributed by atoms with Gasteiger partial charge < -0.3 is 19.5 Å². The average molecular weight is 396 g/mol. The number of alkyl carbamates (subject to hydrolysis) is 1. The molecule has 0 aliphatic heterocycles. The summed E-state index contributed by atoms with van der Waals surface area (Å²) in [5.74, 6) is -2.29. The Bertz CT molecular complexity index is 389. The maximum Gasteiger partial charge on any atom is 0.407 e. The van der Waals surface area contributed by atoms with Crippen LogP contribution < -0.4 is 5.32 Å². The second-order valence-electron chi connectivity index (χ2n) is 5.77. The van der Waals surface area contributed by atoms with Gasteiger partial charge in [0.1, 0.15) is 5.60 Å². The monoisotopic (exact) mass is 395 g/mol. The largest absolute Gasteiger partial charge is 0.465 e. The number of alkyl halides is 1. The Kier molecular flexibility index (Phi) is 9.87. The summed E-state index contributed by atoms with van der Waals surface area (Å²) in [4.78, 5) is 35.0. The molecule has 0 heterocycles. The van der Waals surface area contributed by atoms with E-state index in [0.717, 1.165) is 0 Å². The smallest absolute Gasteiger partial charge is 0.407 e. The summed E-state index contributed by atoms with van der Waals surface area (Å²) in [7, 11) is 0. The number of carbonyl (C=O) groups is 3. The first kappa shape index (κ1) is 21.7.